The summed E-state index contributed by atoms with van der Waals surface area (Å²) in [7, 11) is 0. The average molecular weight is 207 g/mol. The van der Waals surface area contributed by atoms with Crippen molar-refractivity contribution in [3.05, 3.63) is 29.3 Å². The van der Waals surface area contributed by atoms with E-state index in [1.165, 1.54) is 28.2 Å². The lowest BCUT2D eigenvalue weighted by Gasteiger charge is -2.28. The molecule has 1 heterocycles. The molecule has 2 N–H and O–H groups in total. The Balaban J connectivity index is 2.44. The van der Waals surface area contributed by atoms with Crippen LogP contribution in [0, 0.1) is 6.92 Å². The molecule has 0 aromatic heterocycles. The van der Waals surface area contributed by atoms with E-state index >= 15 is 0 Å². The van der Waals surface area contributed by atoms with Crippen molar-refractivity contribution in [3.63, 3.8) is 0 Å². The second-order valence-corrected chi connectivity index (χ2v) is 5.20. The molecule has 0 bridgehead atoms. The maximum Gasteiger partial charge on any atom is 0.0137 e. The van der Waals surface area contributed by atoms with E-state index in [4.69, 9.17) is 5.73 Å². The third-order valence-corrected chi connectivity index (χ3v) is 4.24. The zero-order valence-corrected chi connectivity index (χ0v) is 9.60. The Morgan fingerprint density at radius 2 is 2.29 bits per heavy atom. The van der Waals surface area contributed by atoms with E-state index in [1.54, 1.807) is 0 Å². The molecule has 1 aromatic rings. The second kappa shape index (κ2) is 3.95. The summed E-state index contributed by atoms with van der Waals surface area (Å²) in [5.41, 5.74) is 8.89. The summed E-state index contributed by atoms with van der Waals surface area (Å²) < 4.78 is 0. The number of hydrogen-bond donors (Lipinski definition) is 1. The number of hydrogen-bond acceptors (Lipinski definition) is 2. The van der Waals surface area contributed by atoms with Gasteiger partial charge in [-0.1, -0.05) is 18.2 Å². The lowest BCUT2D eigenvalue weighted by Crippen LogP contribution is -2.27. The highest BCUT2D eigenvalue weighted by Gasteiger charge is 2.24. The van der Waals surface area contributed by atoms with Gasteiger partial charge < -0.3 is 5.73 Å². The fourth-order valence-electron chi connectivity index (χ4n) is 2.15. The predicted octanol–water partition coefficient (Wildman–Crippen LogP) is 2.92. The van der Waals surface area contributed by atoms with Crippen molar-refractivity contribution in [1.82, 2.24) is 0 Å². The van der Waals surface area contributed by atoms with Gasteiger partial charge in [0.25, 0.3) is 0 Å². The molecule has 2 unspecified atom stereocenters. The number of nitrogens with two attached hydrogens (primary N) is 1. The molecule has 1 aromatic carbocycles. The maximum atomic E-state index is 6.02. The van der Waals surface area contributed by atoms with Crippen LogP contribution in [0.2, 0.25) is 0 Å². The van der Waals surface area contributed by atoms with E-state index in [9.17, 15) is 0 Å². The van der Waals surface area contributed by atoms with Crippen LogP contribution in [0.3, 0.4) is 0 Å². The van der Waals surface area contributed by atoms with Crippen LogP contribution in [0.1, 0.15) is 30.4 Å². The van der Waals surface area contributed by atoms with Gasteiger partial charge in [-0.15, -0.1) is 11.8 Å². The normalized spacial score (nSPS) is 22.9. The summed E-state index contributed by atoms with van der Waals surface area (Å²) in [6.07, 6.45) is 1.22. The van der Waals surface area contributed by atoms with Gasteiger partial charge in [0.05, 0.1) is 0 Å². The minimum absolute atomic E-state index is 0.274. The van der Waals surface area contributed by atoms with Crippen LogP contribution in [0.25, 0.3) is 0 Å². The molecule has 76 valence electrons. The Morgan fingerprint density at radius 1 is 1.50 bits per heavy atom. The van der Waals surface area contributed by atoms with Crippen LogP contribution in [-0.2, 0) is 0 Å². The van der Waals surface area contributed by atoms with Gasteiger partial charge >= 0.3 is 0 Å². The summed E-state index contributed by atoms with van der Waals surface area (Å²) in [6.45, 7) is 4.31. The smallest absolute Gasteiger partial charge is 0.0137 e. The summed E-state index contributed by atoms with van der Waals surface area (Å²) in [4.78, 5) is 1.47. The zero-order chi connectivity index (χ0) is 10.1. The van der Waals surface area contributed by atoms with Crippen LogP contribution in [0.4, 0.5) is 0 Å². The molecular formula is C12H17NS. The van der Waals surface area contributed by atoms with Crippen molar-refractivity contribution < 1.29 is 0 Å². The molecule has 1 nitrogen and oxygen atoms in total. The molecule has 0 saturated heterocycles. The number of rotatable bonds is 1. The van der Waals surface area contributed by atoms with E-state index < -0.39 is 0 Å². The molecule has 14 heavy (non-hydrogen) atoms. The Bertz CT molecular complexity index is 333. The Morgan fingerprint density at radius 3 is 3.00 bits per heavy atom. The van der Waals surface area contributed by atoms with Gasteiger partial charge in [-0.05, 0) is 37.1 Å². The summed E-state index contributed by atoms with van der Waals surface area (Å²) in [5, 5.41) is 0. The topological polar surface area (TPSA) is 26.0 Å². The van der Waals surface area contributed by atoms with Crippen LogP contribution >= 0.6 is 11.8 Å². The second-order valence-electron chi connectivity index (χ2n) is 4.10. The zero-order valence-electron chi connectivity index (χ0n) is 8.79. The largest absolute Gasteiger partial charge is 0.327 e. The molecule has 0 saturated carbocycles. The van der Waals surface area contributed by atoms with Gasteiger partial charge in [-0.2, -0.15) is 0 Å². The quantitative estimate of drug-likeness (QED) is 0.766. The maximum absolute atomic E-state index is 6.02. The first-order chi connectivity index (χ1) is 6.70. The molecule has 2 rings (SSSR count). The Hall–Kier alpha value is -0.470. The molecule has 0 radical (unpaired) electrons. The lowest BCUT2D eigenvalue weighted by molar-refractivity contribution is 0.542. The fraction of sp³-hybridized carbons (Fsp3) is 0.500. The molecule has 0 amide bonds. The van der Waals surface area contributed by atoms with Crippen molar-refractivity contribution in [2.75, 3.05) is 5.75 Å². The average Bonchev–Trinajstić information content (AvgIpc) is 2.17. The first-order valence-electron chi connectivity index (χ1n) is 5.18. The van der Waals surface area contributed by atoms with Crippen LogP contribution in [0.5, 0.6) is 0 Å². The van der Waals surface area contributed by atoms with Gasteiger partial charge in [0.1, 0.15) is 0 Å². The molecule has 1 aliphatic heterocycles. The van der Waals surface area contributed by atoms with Gasteiger partial charge in [0.2, 0.25) is 0 Å². The minimum Gasteiger partial charge on any atom is -0.327 e. The Kier molecular flexibility index (Phi) is 2.84. The van der Waals surface area contributed by atoms with E-state index in [0.29, 0.717) is 5.92 Å². The Labute approximate surface area is 90.1 Å². The molecular weight excluding hydrogens is 190 g/mol. The van der Waals surface area contributed by atoms with E-state index in [-0.39, 0.29) is 6.04 Å². The highest BCUT2D eigenvalue weighted by Crippen LogP contribution is 2.40. The van der Waals surface area contributed by atoms with Crippen LogP contribution < -0.4 is 5.73 Å². The van der Waals surface area contributed by atoms with Gasteiger partial charge in [0.15, 0.2) is 0 Å². The van der Waals surface area contributed by atoms with E-state index in [0.717, 1.165) is 0 Å². The highest BCUT2D eigenvalue weighted by atomic mass is 32.2. The predicted molar refractivity (Wildman–Crippen MR) is 62.9 cm³/mol. The number of benzene rings is 1. The van der Waals surface area contributed by atoms with E-state index in [2.05, 4.69) is 32.0 Å². The summed E-state index contributed by atoms with van der Waals surface area (Å²) >= 11 is 1.98. The molecule has 0 spiro atoms. The molecule has 0 fully saturated rings. The SMILES string of the molecule is Cc1cccc2c1SCCC2C(C)N. The fourth-order valence-corrected chi connectivity index (χ4v) is 3.41. The molecule has 2 heteroatoms. The van der Waals surface area contributed by atoms with Crippen LogP contribution in [-0.4, -0.2) is 11.8 Å². The third kappa shape index (κ3) is 1.69. The number of fused-ring (bicyclic) bond motifs is 1. The molecule has 1 aliphatic rings. The van der Waals surface area contributed by atoms with Crippen molar-refractivity contribution in [1.29, 1.82) is 0 Å². The first-order valence-corrected chi connectivity index (χ1v) is 6.16. The first kappa shape index (κ1) is 10.1. The summed E-state index contributed by atoms with van der Waals surface area (Å²) in [6, 6.07) is 6.85. The number of thioether (sulfide) groups is 1. The van der Waals surface area contributed by atoms with Gasteiger partial charge in [0, 0.05) is 16.9 Å². The highest BCUT2D eigenvalue weighted by molar-refractivity contribution is 7.99. The van der Waals surface area contributed by atoms with Crippen molar-refractivity contribution in [2.24, 2.45) is 5.73 Å². The summed E-state index contributed by atoms with van der Waals surface area (Å²) in [5.74, 6) is 1.77. The standard InChI is InChI=1S/C12H17NS/c1-8-4-3-5-11-10(9(2)13)6-7-14-12(8)11/h3-5,9-10H,6-7,13H2,1-2H3. The monoisotopic (exact) mass is 207 g/mol. The van der Waals surface area contributed by atoms with Crippen LogP contribution in [0.15, 0.2) is 23.1 Å². The lowest BCUT2D eigenvalue weighted by atomic mass is 9.89. The van der Waals surface area contributed by atoms with E-state index in [1.807, 2.05) is 11.8 Å². The molecule has 0 aliphatic carbocycles. The number of aryl methyl sites for hydroxylation is 1. The van der Waals surface area contributed by atoms with Gasteiger partial charge in [-0.25, -0.2) is 0 Å². The third-order valence-electron chi connectivity index (χ3n) is 2.95. The minimum atomic E-state index is 0.274. The van der Waals surface area contributed by atoms with Crippen molar-refractivity contribution in [2.45, 2.75) is 37.1 Å². The van der Waals surface area contributed by atoms with Gasteiger partial charge in [-0.3, -0.25) is 0 Å². The molecule has 2 atom stereocenters. The van der Waals surface area contributed by atoms with Crippen molar-refractivity contribution in [3.8, 4) is 0 Å². The van der Waals surface area contributed by atoms with Crippen molar-refractivity contribution >= 4 is 11.8 Å².